The minimum atomic E-state index is 0.340. The summed E-state index contributed by atoms with van der Waals surface area (Å²) < 4.78 is 2.20. The molecule has 1 rings (SSSR count). The highest BCUT2D eigenvalue weighted by molar-refractivity contribution is 5.19. The summed E-state index contributed by atoms with van der Waals surface area (Å²) in [4.78, 5) is 0. The predicted octanol–water partition coefficient (Wildman–Crippen LogP) is 1.91. The van der Waals surface area contributed by atoms with Gasteiger partial charge in [-0.15, -0.1) is 0 Å². The van der Waals surface area contributed by atoms with Crippen molar-refractivity contribution < 1.29 is 4.58 Å². The highest BCUT2D eigenvalue weighted by Crippen LogP contribution is 2.44. The Labute approximate surface area is 63.8 Å². The van der Waals surface area contributed by atoms with Gasteiger partial charge in [0.15, 0.2) is 12.1 Å². The molecule has 1 heteroatoms. The van der Waals surface area contributed by atoms with Gasteiger partial charge in [-0.3, -0.25) is 0 Å². The minimum Gasteiger partial charge on any atom is -0.236 e. The molecule has 0 aromatic carbocycles. The minimum absolute atomic E-state index is 0.340. The summed E-state index contributed by atoms with van der Waals surface area (Å²) >= 11 is 0. The van der Waals surface area contributed by atoms with E-state index in [2.05, 4.69) is 39.0 Å². The number of hydrogen-bond acceptors (Lipinski definition) is 0. The third kappa shape index (κ3) is 0.664. The second-order valence-corrected chi connectivity index (χ2v) is 4.21. The fraction of sp³-hybridized carbons (Fsp3) is 0.889. The number of nitrogens with zero attached hydrogens (tertiary/aromatic N) is 1. The molecule has 0 radical (unpaired) electrons. The number of rotatable bonds is 1. The summed E-state index contributed by atoms with van der Waals surface area (Å²) in [6.07, 6.45) is 1.20. The lowest BCUT2D eigenvalue weighted by atomic mass is 9.64. The Morgan fingerprint density at radius 2 is 1.90 bits per heavy atom. The molecule has 1 atom stereocenters. The van der Waals surface area contributed by atoms with E-state index in [4.69, 9.17) is 0 Å². The molecule has 0 aromatic rings. The van der Waals surface area contributed by atoms with E-state index in [-0.39, 0.29) is 0 Å². The predicted molar refractivity (Wildman–Crippen MR) is 44.7 cm³/mol. The zero-order chi connectivity index (χ0) is 7.99. The summed E-state index contributed by atoms with van der Waals surface area (Å²) in [6, 6.07) is 0. The third-order valence-electron chi connectivity index (χ3n) is 3.43. The molecule has 0 aliphatic carbocycles. The molecule has 1 saturated heterocycles. The molecule has 10 heavy (non-hydrogen) atoms. The molecule has 1 fully saturated rings. The Morgan fingerprint density at radius 3 is 2.00 bits per heavy atom. The molecular weight excluding hydrogens is 122 g/mol. The van der Waals surface area contributed by atoms with Gasteiger partial charge >= 0.3 is 0 Å². The smallest absolute Gasteiger partial charge is 0.169 e. The molecule has 1 unspecified atom stereocenters. The van der Waals surface area contributed by atoms with Gasteiger partial charge in [-0.05, 0) is 13.8 Å². The molecule has 0 spiro atoms. The van der Waals surface area contributed by atoms with Crippen LogP contribution in [-0.2, 0) is 0 Å². The first-order valence-corrected chi connectivity index (χ1v) is 4.02. The molecule has 0 N–H and O–H groups in total. The Kier molecular flexibility index (Phi) is 1.43. The second kappa shape index (κ2) is 1.84. The van der Waals surface area contributed by atoms with Crippen LogP contribution in [0.2, 0.25) is 0 Å². The zero-order valence-electron chi connectivity index (χ0n) is 7.57. The van der Waals surface area contributed by atoms with E-state index in [1.165, 1.54) is 6.42 Å². The van der Waals surface area contributed by atoms with Crippen molar-refractivity contribution >= 4 is 6.72 Å². The van der Waals surface area contributed by atoms with Crippen molar-refractivity contribution in [2.24, 2.45) is 5.41 Å². The first-order valence-electron chi connectivity index (χ1n) is 4.02. The van der Waals surface area contributed by atoms with Crippen molar-refractivity contribution in [3.05, 3.63) is 0 Å². The van der Waals surface area contributed by atoms with E-state index < -0.39 is 0 Å². The van der Waals surface area contributed by atoms with Crippen LogP contribution in [-0.4, -0.2) is 23.4 Å². The van der Waals surface area contributed by atoms with Crippen LogP contribution in [0.5, 0.6) is 0 Å². The maximum Gasteiger partial charge on any atom is 0.169 e. The zero-order valence-corrected chi connectivity index (χ0v) is 7.57. The van der Waals surface area contributed by atoms with Crippen molar-refractivity contribution in [3.63, 3.8) is 0 Å². The Bertz CT molecular complexity index is 170. The van der Waals surface area contributed by atoms with Crippen LogP contribution in [0.3, 0.4) is 0 Å². The topological polar surface area (TPSA) is 3.01 Å². The molecule has 0 saturated carbocycles. The van der Waals surface area contributed by atoms with Crippen LogP contribution < -0.4 is 0 Å². The molecule has 1 aliphatic rings. The van der Waals surface area contributed by atoms with E-state index >= 15 is 0 Å². The molecule has 1 nitrogen and oxygen atoms in total. The van der Waals surface area contributed by atoms with Gasteiger partial charge in [0.05, 0.1) is 5.41 Å². The molecular formula is C9H18N+. The summed E-state index contributed by atoms with van der Waals surface area (Å²) in [6.45, 7) is 14.3. The van der Waals surface area contributed by atoms with Crippen LogP contribution in [0, 0.1) is 5.41 Å². The first-order chi connectivity index (χ1) is 4.44. The Hall–Kier alpha value is -0.330. The van der Waals surface area contributed by atoms with Crippen LogP contribution in [0.1, 0.15) is 34.1 Å². The van der Waals surface area contributed by atoms with Crippen LogP contribution >= 0.6 is 0 Å². The van der Waals surface area contributed by atoms with Crippen LogP contribution in [0.25, 0.3) is 0 Å². The van der Waals surface area contributed by atoms with Gasteiger partial charge in [0, 0.05) is 13.3 Å². The normalized spacial score (nSPS) is 37.4. The van der Waals surface area contributed by atoms with E-state index in [0.717, 1.165) is 6.54 Å². The highest BCUT2D eigenvalue weighted by Gasteiger charge is 2.59. The van der Waals surface area contributed by atoms with Gasteiger partial charge in [-0.25, -0.2) is 4.58 Å². The average molecular weight is 140 g/mol. The van der Waals surface area contributed by atoms with Crippen molar-refractivity contribution in [1.29, 1.82) is 0 Å². The van der Waals surface area contributed by atoms with E-state index in [1.54, 1.807) is 0 Å². The van der Waals surface area contributed by atoms with E-state index in [9.17, 15) is 0 Å². The van der Waals surface area contributed by atoms with Gasteiger partial charge in [0.2, 0.25) is 0 Å². The molecule has 0 amide bonds. The van der Waals surface area contributed by atoms with E-state index in [1.807, 2.05) is 0 Å². The summed E-state index contributed by atoms with van der Waals surface area (Å²) in [7, 11) is 0. The Balaban J connectivity index is 2.83. The number of hydrogen-bond donors (Lipinski definition) is 0. The third-order valence-corrected chi connectivity index (χ3v) is 3.43. The van der Waals surface area contributed by atoms with Crippen LogP contribution in [0.4, 0.5) is 0 Å². The van der Waals surface area contributed by atoms with E-state index in [0.29, 0.717) is 11.0 Å². The van der Waals surface area contributed by atoms with Crippen molar-refractivity contribution in [2.45, 2.75) is 39.7 Å². The lowest BCUT2D eigenvalue weighted by Gasteiger charge is -2.48. The highest BCUT2D eigenvalue weighted by atomic mass is 15.2. The Morgan fingerprint density at radius 1 is 1.40 bits per heavy atom. The van der Waals surface area contributed by atoms with Crippen molar-refractivity contribution in [1.82, 2.24) is 0 Å². The van der Waals surface area contributed by atoms with Crippen molar-refractivity contribution in [2.75, 3.05) is 6.54 Å². The fourth-order valence-corrected chi connectivity index (χ4v) is 1.86. The molecule has 1 heterocycles. The van der Waals surface area contributed by atoms with Gasteiger partial charge in [0.1, 0.15) is 6.72 Å². The average Bonchev–Trinajstić information content (AvgIpc) is 1.85. The van der Waals surface area contributed by atoms with Crippen LogP contribution in [0.15, 0.2) is 0 Å². The SMILES string of the molecule is C=[N+]1CC(C)(C)C1(C)CC. The summed E-state index contributed by atoms with van der Waals surface area (Å²) in [5.74, 6) is 0. The van der Waals surface area contributed by atoms with Gasteiger partial charge in [-0.1, -0.05) is 6.92 Å². The maximum absolute atomic E-state index is 4.00. The van der Waals surface area contributed by atoms with Gasteiger partial charge < -0.3 is 0 Å². The monoisotopic (exact) mass is 140 g/mol. The largest absolute Gasteiger partial charge is 0.236 e. The molecule has 1 aliphatic heterocycles. The maximum atomic E-state index is 4.00. The lowest BCUT2D eigenvalue weighted by Crippen LogP contribution is -2.65. The first kappa shape index (κ1) is 7.77. The van der Waals surface area contributed by atoms with Gasteiger partial charge in [0.25, 0.3) is 0 Å². The molecule has 58 valence electrons. The lowest BCUT2D eigenvalue weighted by molar-refractivity contribution is -0.702. The molecule has 0 aromatic heterocycles. The quantitative estimate of drug-likeness (QED) is 0.489. The standard InChI is InChI=1S/C9H18N/c1-6-9(4)8(2,3)7-10(9)5/h5-7H2,1-4H3/q+1. The summed E-state index contributed by atoms with van der Waals surface area (Å²) in [5.41, 5.74) is 0.802. The van der Waals surface area contributed by atoms with Gasteiger partial charge in [-0.2, -0.15) is 0 Å². The second-order valence-electron chi connectivity index (χ2n) is 4.21. The molecule has 0 bridgehead atoms. The van der Waals surface area contributed by atoms with Crippen molar-refractivity contribution in [3.8, 4) is 0 Å². The summed E-state index contributed by atoms with van der Waals surface area (Å²) in [5, 5.41) is 0. The fourth-order valence-electron chi connectivity index (χ4n) is 1.86.